The molecule has 1 aromatic carbocycles. The van der Waals surface area contributed by atoms with Gasteiger partial charge >= 0.3 is 0 Å². The Bertz CT molecular complexity index is 529. The molecule has 5 heteroatoms. The molecule has 0 aromatic heterocycles. The van der Waals surface area contributed by atoms with E-state index in [1.54, 1.807) is 12.0 Å². The number of rotatable bonds is 4. The van der Waals surface area contributed by atoms with Crippen molar-refractivity contribution in [3.63, 3.8) is 0 Å². The van der Waals surface area contributed by atoms with Crippen LogP contribution in [-0.4, -0.2) is 62.2 Å². The molecule has 0 spiro atoms. The Labute approximate surface area is 131 Å². The zero-order chi connectivity index (χ0) is 15.7. The van der Waals surface area contributed by atoms with Crippen molar-refractivity contribution in [3.8, 4) is 5.75 Å². The first-order valence-electron chi connectivity index (χ1n) is 7.78. The van der Waals surface area contributed by atoms with Crippen LogP contribution in [-0.2, 0) is 16.1 Å². The average Bonchev–Trinajstić information content (AvgIpc) is 2.81. The highest BCUT2D eigenvalue weighted by Gasteiger charge is 2.44. The Hall–Kier alpha value is -1.59. The standard InChI is InChI=1S/C17H24N2O3/c1-18(2)17(20)15-8-14-10-19(11-16(15)22-14)9-12-4-6-13(21-3)7-5-12/h4-7,14-16H,8-11H2,1-3H3/t14-,15-,16-/m1/s1. The van der Waals surface area contributed by atoms with Gasteiger partial charge in [0.15, 0.2) is 0 Å². The molecule has 0 saturated carbocycles. The molecule has 2 bridgehead atoms. The summed E-state index contributed by atoms with van der Waals surface area (Å²) in [5, 5.41) is 0. The molecule has 2 aliphatic rings. The topological polar surface area (TPSA) is 42.0 Å². The summed E-state index contributed by atoms with van der Waals surface area (Å²) in [5.74, 6) is 1.09. The van der Waals surface area contributed by atoms with E-state index in [1.807, 2.05) is 26.2 Å². The third-order valence-corrected chi connectivity index (χ3v) is 4.56. The largest absolute Gasteiger partial charge is 0.497 e. The molecule has 22 heavy (non-hydrogen) atoms. The molecule has 2 saturated heterocycles. The third-order valence-electron chi connectivity index (χ3n) is 4.56. The number of carbonyl (C=O) groups excluding carboxylic acids is 1. The van der Waals surface area contributed by atoms with Crippen LogP contribution in [0.2, 0.25) is 0 Å². The molecule has 120 valence electrons. The van der Waals surface area contributed by atoms with Crippen LogP contribution in [0.1, 0.15) is 12.0 Å². The quantitative estimate of drug-likeness (QED) is 0.842. The minimum absolute atomic E-state index is 0.0147. The summed E-state index contributed by atoms with van der Waals surface area (Å²) in [5.41, 5.74) is 1.26. The SMILES string of the molecule is COc1ccc(CN2C[C@H]3C[C@@H](C(=O)N(C)C)[C@@H](C2)O3)cc1. The second kappa shape index (κ2) is 6.26. The fourth-order valence-electron chi connectivity index (χ4n) is 3.45. The van der Waals surface area contributed by atoms with E-state index >= 15 is 0 Å². The number of ether oxygens (including phenoxy) is 2. The van der Waals surface area contributed by atoms with Gasteiger partial charge in [0.05, 0.1) is 25.2 Å². The normalized spacial score (nSPS) is 27.7. The maximum absolute atomic E-state index is 12.2. The number of amides is 1. The van der Waals surface area contributed by atoms with Crippen LogP contribution in [0, 0.1) is 5.92 Å². The highest BCUT2D eigenvalue weighted by atomic mass is 16.5. The van der Waals surface area contributed by atoms with Crippen molar-refractivity contribution in [2.24, 2.45) is 5.92 Å². The predicted octanol–water partition coefficient (Wildman–Crippen LogP) is 1.37. The maximum atomic E-state index is 12.2. The summed E-state index contributed by atoms with van der Waals surface area (Å²) < 4.78 is 11.2. The number of hydrogen-bond donors (Lipinski definition) is 0. The van der Waals surface area contributed by atoms with Crippen molar-refractivity contribution in [1.29, 1.82) is 0 Å². The number of likely N-dealkylation sites (tertiary alicyclic amines) is 1. The number of methoxy groups -OCH3 is 1. The van der Waals surface area contributed by atoms with E-state index < -0.39 is 0 Å². The minimum Gasteiger partial charge on any atom is -0.497 e. The van der Waals surface area contributed by atoms with Crippen LogP contribution >= 0.6 is 0 Å². The van der Waals surface area contributed by atoms with Gasteiger partial charge < -0.3 is 14.4 Å². The van der Waals surface area contributed by atoms with Gasteiger partial charge in [-0.25, -0.2) is 0 Å². The fourth-order valence-corrected chi connectivity index (χ4v) is 3.45. The van der Waals surface area contributed by atoms with Crippen molar-refractivity contribution in [2.45, 2.75) is 25.2 Å². The van der Waals surface area contributed by atoms with Crippen LogP contribution in [0.5, 0.6) is 5.75 Å². The Morgan fingerprint density at radius 3 is 2.68 bits per heavy atom. The smallest absolute Gasteiger partial charge is 0.227 e. The zero-order valence-electron chi connectivity index (χ0n) is 13.5. The Morgan fingerprint density at radius 1 is 1.32 bits per heavy atom. The van der Waals surface area contributed by atoms with Crippen molar-refractivity contribution in [3.05, 3.63) is 29.8 Å². The fraction of sp³-hybridized carbons (Fsp3) is 0.588. The second-order valence-corrected chi connectivity index (χ2v) is 6.41. The Morgan fingerprint density at radius 2 is 2.05 bits per heavy atom. The molecule has 2 heterocycles. The number of hydrogen-bond acceptors (Lipinski definition) is 4. The van der Waals surface area contributed by atoms with Crippen LogP contribution < -0.4 is 4.74 Å². The van der Waals surface area contributed by atoms with Crippen LogP contribution in [0.4, 0.5) is 0 Å². The molecule has 3 atom stereocenters. The number of nitrogens with zero attached hydrogens (tertiary/aromatic N) is 2. The van der Waals surface area contributed by atoms with Crippen molar-refractivity contribution >= 4 is 5.91 Å². The third kappa shape index (κ3) is 3.10. The highest BCUT2D eigenvalue weighted by molar-refractivity contribution is 5.79. The molecular formula is C17H24N2O3. The first kappa shape index (κ1) is 15.3. The van der Waals surface area contributed by atoms with Gasteiger partial charge in [0.1, 0.15) is 5.75 Å². The summed E-state index contributed by atoms with van der Waals surface area (Å²) in [6, 6.07) is 8.17. The lowest BCUT2D eigenvalue weighted by Gasteiger charge is -2.33. The number of benzene rings is 1. The summed E-state index contributed by atoms with van der Waals surface area (Å²) in [6.07, 6.45) is 1.07. The van der Waals surface area contributed by atoms with Crippen molar-refractivity contribution < 1.29 is 14.3 Å². The molecule has 0 unspecified atom stereocenters. The molecule has 1 amide bonds. The van der Waals surface area contributed by atoms with Gasteiger partial charge in [0.2, 0.25) is 5.91 Å². The van der Waals surface area contributed by atoms with Crippen LogP contribution in [0.25, 0.3) is 0 Å². The molecule has 0 radical (unpaired) electrons. The lowest BCUT2D eigenvalue weighted by Crippen LogP contribution is -2.44. The maximum Gasteiger partial charge on any atom is 0.227 e. The van der Waals surface area contributed by atoms with Crippen LogP contribution in [0.15, 0.2) is 24.3 Å². The second-order valence-electron chi connectivity index (χ2n) is 6.41. The summed E-state index contributed by atoms with van der Waals surface area (Å²) in [7, 11) is 5.32. The summed E-state index contributed by atoms with van der Waals surface area (Å²) >= 11 is 0. The Balaban J connectivity index is 1.62. The van der Waals surface area contributed by atoms with Crippen molar-refractivity contribution in [2.75, 3.05) is 34.3 Å². The minimum atomic E-state index is 0.0147. The lowest BCUT2D eigenvalue weighted by molar-refractivity contribution is -0.136. The van der Waals surface area contributed by atoms with Crippen molar-refractivity contribution in [1.82, 2.24) is 9.80 Å². The van der Waals surface area contributed by atoms with Gasteiger partial charge in [0.25, 0.3) is 0 Å². The van der Waals surface area contributed by atoms with Crippen LogP contribution in [0.3, 0.4) is 0 Å². The molecule has 2 fully saturated rings. The lowest BCUT2D eigenvalue weighted by atomic mass is 9.99. The van der Waals surface area contributed by atoms with E-state index in [4.69, 9.17) is 9.47 Å². The first-order chi connectivity index (χ1) is 10.6. The first-order valence-corrected chi connectivity index (χ1v) is 7.78. The van der Waals surface area contributed by atoms with Gasteiger partial charge in [-0.05, 0) is 24.1 Å². The van der Waals surface area contributed by atoms with Gasteiger partial charge in [-0.1, -0.05) is 12.1 Å². The molecule has 3 rings (SSSR count). The zero-order valence-corrected chi connectivity index (χ0v) is 13.5. The monoisotopic (exact) mass is 304 g/mol. The van der Waals surface area contributed by atoms with E-state index in [-0.39, 0.29) is 24.0 Å². The van der Waals surface area contributed by atoms with E-state index in [0.717, 1.165) is 31.8 Å². The van der Waals surface area contributed by atoms with Gasteiger partial charge in [-0.15, -0.1) is 0 Å². The number of fused-ring (bicyclic) bond motifs is 2. The molecular weight excluding hydrogens is 280 g/mol. The summed E-state index contributed by atoms with van der Waals surface area (Å²) in [4.78, 5) is 16.3. The van der Waals surface area contributed by atoms with E-state index in [9.17, 15) is 4.79 Å². The Kier molecular flexibility index (Phi) is 4.36. The van der Waals surface area contributed by atoms with Gasteiger partial charge in [0, 0.05) is 33.7 Å². The predicted molar refractivity (Wildman–Crippen MR) is 83.7 cm³/mol. The number of morpholine rings is 1. The van der Waals surface area contributed by atoms with Gasteiger partial charge in [-0.3, -0.25) is 9.69 Å². The molecule has 2 aliphatic heterocycles. The molecule has 5 nitrogen and oxygen atoms in total. The average molecular weight is 304 g/mol. The highest BCUT2D eigenvalue weighted by Crippen LogP contribution is 2.33. The van der Waals surface area contributed by atoms with E-state index in [1.165, 1.54) is 5.56 Å². The molecule has 0 N–H and O–H groups in total. The summed E-state index contributed by atoms with van der Waals surface area (Å²) in [6.45, 7) is 2.62. The van der Waals surface area contributed by atoms with E-state index in [2.05, 4.69) is 17.0 Å². The molecule has 0 aliphatic carbocycles. The van der Waals surface area contributed by atoms with E-state index in [0.29, 0.717) is 0 Å². The molecule has 1 aromatic rings. The van der Waals surface area contributed by atoms with Gasteiger partial charge in [-0.2, -0.15) is 0 Å². The number of carbonyl (C=O) groups is 1.